The van der Waals surface area contributed by atoms with Crippen molar-refractivity contribution in [1.82, 2.24) is 0 Å². The maximum absolute atomic E-state index is 4.34. The maximum Gasteiger partial charge on any atom is 0.121 e. The first-order valence-corrected chi connectivity index (χ1v) is 3.38. The first-order chi connectivity index (χ1) is 4.60. The van der Waals surface area contributed by atoms with Gasteiger partial charge in [0.15, 0.2) is 0 Å². The minimum Gasteiger partial charge on any atom is -0.261 e. The SMILES string of the molecule is CC1=NC(C)(C)C=CC=N1. The van der Waals surface area contributed by atoms with Crippen molar-refractivity contribution in [3.05, 3.63) is 12.2 Å². The fraction of sp³-hybridized carbons (Fsp3) is 0.500. The van der Waals surface area contributed by atoms with E-state index in [9.17, 15) is 0 Å². The van der Waals surface area contributed by atoms with Gasteiger partial charge in [0.25, 0.3) is 0 Å². The number of hydrogen-bond acceptors (Lipinski definition) is 2. The Morgan fingerprint density at radius 3 is 2.80 bits per heavy atom. The number of amidine groups is 1. The largest absolute Gasteiger partial charge is 0.261 e. The molecule has 0 bridgehead atoms. The summed E-state index contributed by atoms with van der Waals surface area (Å²) in [5.74, 6) is 0.843. The molecule has 0 aromatic heterocycles. The first kappa shape index (κ1) is 7.19. The van der Waals surface area contributed by atoms with Gasteiger partial charge in [-0.05, 0) is 26.8 Å². The summed E-state index contributed by atoms with van der Waals surface area (Å²) < 4.78 is 0. The normalized spacial score (nSPS) is 22.1. The van der Waals surface area contributed by atoms with Crippen LogP contribution < -0.4 is 0 Å². The van der Waals surface area contributed by atoms with Gasteiger partial charge in [-0.25, -0.2) is 4.99 Å². The van der Waals surface area contributed by atoms with Crippen LogP contribution >= 0.6 is 0 Å². The van der Waals surface area contributed by atoms with Gasteiger partial charge >= 0.3 is 0 Å². The van der Waals surface area contributed by atoms with Crippen molar-refractivity contribution in [2.75, 3.05) is 0 Å². The van der Waals surface area contributed by atoms with Gasteiger partial charge < -0.3 is 0 Å². The summed E-state index contributed by atoms with van der Waals surface area (Å²) in [5.41, 5.74) is -0.0828. The van der Waals surface area contributed by atoms with Crippen LogP contribution in [-0.2, 0) is 0 Å². The molecule has 0 N–H and O–H groups in total. The van der Waals surface area contributed by atoms with Gasteiger partial charge in [-0.3, -0.25) is 4.99 Å². The maximum atomic E-state index is 4.34. The van der Waals surface area contributed by atoms with Crippen LogP contribution in [0.5, 0.6) is 0 Å². The third-order valence-corrected chi connectivity index (χ3v) is 1.30. The van der Waals surface area contributed by atoms with Crippen molar-refractivity contribution >= 4 is 12.1 Å². The Bertz CT molecular complexity index is 209. The van der Waals surface area contributed by atoms with E-state index in [0.29, 0.717) is 0 Å². The predicted molar refractivity (Wildman–Crippen MR) is 44.8 cm³/mol. The molecule has 54 valence electrons. The predicted octanol–water partition coefficient (Wildman–Crippen LogP) is 1.82. The number of aliphatic imine (C=N–C) groups is 2. The molecule has 0 atom stereocenters. The Balaban J connectivity index is 2.93. The molecule has 10 heavy (non-hydrogen) atoms. The lowest BCUT2D eigenvalue weighted by Gasteiger charge is -2.12. The molecule has 0 aliphatic carbocycles. The molecule has 0 aromatic rings. The Labute approximate surface area is 61.4 Å². The van der Waals surface area contributed by atoms with Gasteiger partial charge in [0.05, 0.1) is 5.54 Å². The zero-order valence-corrected chi connectivity index (χ0v) is 6.63. The van der Waals surface area contributed by atoms with Gasteiger partial charge in [0.1, 0.15) is 5.84 Å². The van der Waals surface area contributed by atoms with Crippen LogP contribution in [0.3, 0.4) is 0 Å². The van der Waals surface area contributed by atoms with Crippen LogP contribution in [0.1, 0.15) is 20.8 Å². The summed E-state index contributed by atoms with van der Waals surface area (Å²) in [5, 5.41) is 0. The highest BCUT2D eigenvalue weighted by atomic mass is 15.0. The van der Waals surface area contributed by atoms with E-state index >= 15 is 0 Å². The van der Waals surface area contributed by atoms with Gasteiger partial charge in [-0.2, -0.15) is 0 Å². The minimum absolute atomic E-state index is 0.0828. The summed E-state index contributed by atoms with van der Waals surface area (Å²) in [6.07, 6.45) is 5.74. The van der Waals surface area contributed by atoms with Crippen LogP contribution in [0.15, 0.2) is 22.1 Å². The fourth-order valence-corrected chi connectivity index (χ4v) is 0.913. The second-order valence-corrected chi connectivity index (χ2v) is 2.95. The molecule has 1 aliphatic rings. The van der Waals surface area contributed by atoms with Crippen molar-refractivity contribution in [2.45, 2.75) is 26.3 Å². The van der Waals surface area contributed by atoms with Crippen molar-refractivity contribution < 1.29 is 0 Å². The third-order valence-electron chi connectivity index (χ3n) is 1.30. The van der Waals surface area contributed by atoms with E-state index in [1.54, 1.807) is 6.21 Å². The summed E-state index contributed by atoms with van der Waals surface area (Å²) in [4.78, 5) is 8.40. The Morgan fingerprint density at radius 1 is 1.40 bits per heavy atom. The van der Waals surface area contributed by atoms with Gasteiger partial charge in [-0.1, -0.05) is 6.08 Å². The molecule has 1 heterocycles. The van der Waals surface area contributed by atoms with Crippen LogP contribution in [0.4, 0.5) is 0 Å². The monoisotopic (exact) mass is 136 g/mol. The van der Waals surface area contributed by atoms with Crippen LogP contribution in [0.2, 0.25) is 0 Å². The van der Waals surface area contributed by atoms with Gasteiger partial charge in [0, 0.05) is 6.21 Å². The highest BCUT2D eigenvalue weighted by Crippen LogP contribution is 2.12. The Kier molecular flexibility index (Phi) is 1.70. The number of hydrogen-bond donors (Lipinski definition) is 0. The highest BCUT2D eigenvalue weighted by Gasteiger charge is 2.11. The molecule has 0 aromatic carbocycles. The van der Waals surface area contributed by atoms with Crippen molar-refractivity contribution in [1.29, 1.82) is 0 Å². The Hall–Kier alpha value is -0.920. The number of rotatable bonds is 0. The zero-order valence-electron chi connectivity index (χ0n) is 6.63. The standard InChI is InChI=1S/C8H12N2/c1-7-9-6-4-5-8(2,3)10-7/h4-6H,1-3H3. The molecule has 0 saturated heterocycles. The lowest BCUT2D eigenvalue weighted by atomic mass is 10.1. The molecule has 0 unspecified atom stereocenters. The second-order valence-electron chi connectivity index (χ2n) is 2.95. The third kappa shape index (κ3) is 1.79. The lowest BCUT2D eigenvalue weighted by Crippen LogP contribution is -2.13. The molecule has 2 heteroatoms. The number of allylic oxidation sites excluding steroid dienone is 1. The molecule has 2 nitrogen and oxygen atoms in total. The van der Waals surface area contributed by atoms with E-state index in [4.69, 9.17) is 0 Å². The molecule has 0 radical (unpaired) electrons. The summed E-state index contributed by atoms with van der Waals surface area (Å²) >= 11 is 0. The van der Waals surface area contributed by atoms with Crippen molar-refractivity contribution in [3.8, 4) is 0 Å². The van der Waals surface area contributed by atoms with E-state index in [1.165, 1.54) is 0 Å². The smallest absolute Gasteiger partial charge is 0.121 e. The van der Waals surface area contributed by atoms with E-state index in [1.807, 2.05) is 19.1 Å². The average Bonchev–Trinajstić information content (AvgIpc) is 1.90. The summed E-state index contributed by atoms with van der Waals surface area (Å²) in [6.45, 7) is 6.02. The molecular weight excluding hydrogens is 124 g/mol. The van der Waals surface area contributed by atoms with Crippen molar-refractivity contribution in [2.24, 2.45) is 9.98 Å². The molecule has 1 rings (SSSR count). The van der Waals surface area contributed by atoms with E-state index in [0.717, 1.165) is 5.84 Å². The fourth-order valence-electron chi connectivity index (χ4n) is 0.913. The van der Waals surface area contributed by atoms with Gasteiger partial charge in [0.2, 0.25) is 0 Å². The van der Waals surface area contributed by atoms with Gasteiger partial charge in [-0.15, -0.1) is 0 Å². The molecule has 0 amide bonds. The molecule has 0 fully saturated rings. The second kappa shape index (κ2) is 2.37. The molecular formula is C8H12N2. The van der Waals surface area contributed by atoms with Crippen LogP contribution in [-0.4, -0.2) is 17.6 Å². The highest BCUT2D eigenvalue weighted by molar-refractivity contribution is 5.92. The van der Waals surface area contributed by atoms with Crippen molar-refractivity contribution in [3.63, 3.8) is 0 Å². The molecule has 0 saturated carbocycles. The lowest BCUT2D eigenvalue weighted by molar-refractivity contribution is 0.658. The van der Waals surface area contributed by atoms with E-state index < -0.39 is 0 Å². The summed E-state index contributed by atoms with van der Waals surface area (Å²) in [7, 11) is 0. The zero-order chi connectivity index (χ0) is 7.61. The molecule has 1 aliphatic heterocycles. The molecule has 0 spiro atoms. The quantitative estimate of drug-likeness (QED) is 0.485. The topological polar surface area (TPSA) is 24.7 Å². The average molecular weight is 136 g/mol. The minimum atomic E-state index is -0.0828. The number of nitrogens with zero attached hydrogens (tertiary/aromatic N) is 2. The Morgan fingerprint density at radius 2 is 2.10 bits per heavy atom. The van der Waals surface area contributed by atoms with E-state index in [-0.39, 0.29) is 5.54 Å². The summed E-state index contributed by atoms with van der Waals surface area (Å²) in [6, 6.07) is 0. The first-order valence-electron chi connectivity index (χ1n) is 3.38. The van der Waals surface area contributed by atoms with Crippen LogP contribution in [0.25, 0.3) is 0 Å². The van der Waals surface area contributed by atoms with E-state index in [2.05, 4.69) is 23.8 Å². The van der Waals surface area contributed by atoms with Crippen LogP contribution in [0, 0.1) is 0 Å².